The van der Waals surface area contributed by atoms with Crippen molar-refractivity contribution in [1.29, 1.82) is 0 Å². The fraction of sp³-hybridized carbons (Fsp3) is 0.941. The van der Waals surface area contributed by atoms with Crippen LogP contribution in [0.3, 0.4) is 0 Å². The van der Waals surface area contributed by atoms with Gasteiger partial charge in [-0.2, -0.15) is 0 Å². The maximum Gasteiger partial charge on any atom is 0.220 e. The molecule has 0 aromatic rings. The van der Waals surface area contributed by atoms with Gasteiger partial charge in [0.05, 0.1) is 34.2 Å². The predicted octanol–water partition coefficient (Wildman–Crippen LogP) is 0.734. The van der Waals surface area contributed by atoms with Gasteiger partial charge in [0.15, 0.2) is 0 Å². The fourth-order valence-corrected chi connectivity index (χ4v) is 2.22. The first-order valence-corrected chi connectivity index (χ1v) is 8.53. The van der Waals surface area contributed by atoms with Crippen LogP contribution in [0.5, 0.6) is 0 Å². The lowest BCUT2D eigenvalue weighted by atomic mass is 10.1. The first-order valence-electron chi connectivity index (χ1n) is 8.53. The number of carbonyl (C=O) groups excluding carboxylic acids is 1. The molecule has 0 radical (unpaired) electrons. The van der Waals surface area contributed by atoms with E-state index in [2.05, 4.69) is 33.4 Å². The van der Waals surface area contributed by atoms with Gasteiger partial charge in [0.25, 0.3) is 0 Å². The van der Waals surface area contributed by atoms with Crippen LogP contribution < -0.4 is 17.7 Å². The molecular formula is C17H37ClN2O. The van der Waals surface area contributed by atoms with E-state index in [4.69, 9.17) is 0 Å². The Bertz CT molecular complexity index is 239. The zero-order valence-corrected chi connectivity index (χ0v) is 15.5. The highest BCUT2D eigenvalue weighted by Gasteiger charge is 2.07. The smallest absolute Gasteiger partial charge is 0.220 e. The van der Waals surface area contributed by atoms with Crippen molar-refractivity contribution in [2.24, 2.45) is 0 Å². The standard InChI is InChI=1S/C17H36N2O.ClH/c1-5-6-7-8-9-10-11-12-13-14-17(20)18-15-16-19(2,3)4;/h5-16H2,1-4H3;1H. The van der Waals surface area contributed by atoms with Gasteiger partial charge in [-0.05, 0) is 6.42 Å². The topological polar surface area (TPSA) is 29.1 Å². The van der Waals surface area contributed by atoms with E-state index >= 15 is 0 Å². The molecule has 0 atom stereocenters. The summed E-state index contributed by atoms with van der Waals surface area (Å²) in [7, 11) is 6.44. The number of nitrogens with zero attached hydrogens (tertiary/aromatic N) is 1. The summed E-state index contributed by atoms with van der Waals surface area (Å²) < 4.78 is 0.901. The lowest BCUT2D eigenvalue weighted by molar-refractivity contribution is -0.869. The van der Waals surface area contributed by atoms with Crippen molar-refractivity contribution in [3.63, 3.8) is 0 Å². The minimum Gasteiger partial charge on any atom is -1.00 e. The number of halogens is 1. The molecule has 0 saturated carbocycles. The predicted molar refractivity (Wildman–Crippen MR) is 87.8 cm³/mol. The molecule has 0 aromatic heterocycles. The molecule has 0 heterocycles. The fourth-order valence-electron chi connectivity index (χ4n) is 2.22. The van der Waals surface area contributed by atoms with Crippen molar-refractivity contribution in [3.05, 3.63) is 0 Å². The number of amides is 1. The van der Waals surface area contributed by atoms with Crippen LogP contribution in [-0.2, 0) is 4.79 Å². The van der Waals surface area contributed by atoms with Gasteiger partial charge < -0.3 is 22.2 Å². The summed E-state index contributed by atoms with van der Waals surface area (Å²) in [5.41, 5.74) is 0. The highest BCUT2D eigenvalue weighted by molar-refractivity contribution is 5.75. The van der Waals surface area contributed by atoms with E-state index < -0.39 is 0 Å². The minimum absolute atomic E-state index is 0. The second-order valence-electron chi connectivity index (χ2n) is 6.94. The van der Waals surface area contributed by atoms with Crippen molar-refractivity contribution < 1.29 is 21.7 Å². The van der Waals surface area contributed by atoms with Crippen molar-refractivity contribution >= 4 is 5.91 Å². The number of likely N-dealkylation sites (N-methyl/N-ethyl adjacent to an activating group) is 1. The summed E-state index contributed by atoms with van der Waals surface area (Å²) in [5, 5.41) is 3.01. The lowest BCUT2D eigenvalue weighted by Crippen LogP contribution is -3.00. The summed E-state index contributed by atoms with van der Waals surface area (Å²) in [6.45, 7) is 4.04. The Kier molecular flexibility index (Phi) is 16.0. The van der Waals surface area contributed by atoms with Crippen LogP contribution >= 0.6 is 0 Å². The van der Waals surface area contributed by atoms with Gasteiger partial charge in [0.2, 0.25) is 5.91 Å². The molecule has 128 valence electrons. The second kappa shape index (κ2) is 14.6. The number of unbranched alkanes of at least 4 members (excludes halogenated alkanes) is 8. The third kappa shape index (κ3) is 19.7. The SMILES string of the molecule is CCCCCCCCCCCC(=O)NCC[N+](C)(C)C.[Cl-]. The van der Waals surface area contributed by atoms with Gasteiger partial charge in [0.1, 0.15) is 0 Å². The van der Waals surface area contributed by atoms with Gasteiger partial charge in [-0.25, -0.2) is 0 Å². The summed E-state index contributed by atoms with van der Waals surface area (Å²) >= 11 is 0. The van der Waals surface area contributed by atoms with Crippen molar-refractivity contribution in [2.75, 3.05) is 34.2 Å². The number of quaternary nitrogens is 1. The zero-order valence-electron chi connectivity index (χ0n) is 14.7. The van der Waals surface area contributed by atoms with E-state index in [0.29, 0.717) is 6.42 Å². The van der Waals surface area contributed by atoms with E-state index in [0.717, 1.165) is 24.0 Å². The molecule has 4 heteroatoms. The first kappa shape index (κ1) is 23.0. The van der Waals surface area contributed by atoms with E-state index in [1.165, 1.54) is 51.4 Å². The molecule has 0 bridgehead atoms. The van der Waals surface area contributed by atoms with Gasteiger partial charge in [-0.3, -0.25) is 4.79 Å². The number of rotatable bonds is 13. The quantitative estimate of drug-likeness (QED) is 0.393. The molecule has 0 aromatic carbocycles. The number of nitrogens with one attached hydrogen (secondary N) is 1. The third-order valence-electron chi connectivity index (χ3n) is 3.61. The average Bonchev–Trinajstić information content (AvgIpc) is 2.35. The van der Waals surface area contributed by atoms with E-state index in [-0.39, 0.29) is 18.3 Å². The Balaban J connectivity index is 0. The van der Waals surface area contributed by atoms with Crippen LogP contribution in [0, 0.1) is 0 Å². The van der Waals surface area contributed by atoms with Crippen molar-refractivity contribution in [2.45, 2.75) is 71.1 Å². The molecule has 1 N–H and O–H groups in total. The highest BCUT2D eigenvalue weighted by atomic mass is 35.5. The highest BCUT2D eigenvalue weighted by Crippen LogP contribution is 2.10. The Morgan fingerprint density at radius 3 is 1.81 bits per heavy atom. The summed E-state index contributed by atoms with van der Waals surface area (Å²) in [4.78, 5) is 11.6. The average molecular weight is 321 g/mol. The molecule has 3 nitrogen and oxygen atoms in total. The second-order valence-corrected chi connectivity index (χ2v) is 6.94. The van der Waals surface area contributed by atoms with Gasteiger partial charge in [0, 0.05) is 6.42 Å². The summed E-state index contributed by atoms with van der Waals surface area (Å²) in [6.07, 6.45) is 12.4. The Labute approximate surface area is 138 Å². The lowest BCUT2D eigenvalue weighted by Gasteiger charge is -2.23. The maximum absolute atomic E-state index is 11.6. The summed E-state index contributed by atoms with van der Waals surface area (Å²) in [5.74, 6) is 0.224. The van der Waals surface area contributed by atoms with Crippen LogP contribution in [0.15, 0.2) is 0 Å². The summed E-state index contributed by atoms with van der Waals surface area (Å²) in [6, 6.07) is 0. The maximum atomic E-state index is 11.6. The van der Waals surface area contributed by atoms with Gasteiger partial charge >= 0.3 is 0 Å². The third-order valence-corrected chi connectivity index (χ3v) is 3.61. The molecular weight excluding hydrogens is 284 g/mol. The zero-order chi connectivity index (χ0) is 15.3. The van der Waals surface area contributed by atoms with Crippen molar-refractivity contribution in [1.82, 2.24) is 5.32 Å². The molecule has 21 heavy (non-hydrogen) atoms. The molecule has 0 unspecified atom stereocenters. The molecule has 0 rings (SSSR count). The van der Waals surface area contributed by atoms with E-state index in [1.54, 1.807) is 0 Å². The molecule has 0 aliphatic heterocycles. The van der Waals surface area contributed by atoms with E-state index in [9.17, 15) is 4.79 Å². The van der Waals surface area contributed by atoms with Crippen molar-refractivity contribution in [3.8, 4) is 0 Å². The van der Waals surface area contributed by atoms with Gasteiger partial charge in [-0.15, -0.1) is 0 Å². The number of hydrogen-bond acceptors (Lipinski definition) is 1. The van der Waals surface area contributed by atoms with Crippen LogP contribution in [0.2, 0.25) is 0 Å². The Hall–Kier alpha value is -0.280. The molecule has 0 spiro atoms. The largest absolute Gasteiger partial charge is 1.00 e. The Morgan fingerprint density at radius 2 is 1.33 bits per heavy atom. The molecule has 0 saturated heterocycles. The van der Waals surface area contributed by atoms with Gasteiger partial charge in [-0.1, -0.05) is 58.3 Å². The molecule has 1 amide bonds. The molecule has 0 aliphatic rings. The Morgan fingerprint density at radius 1 is 0.857 bits per heavy atom. The number of hydrogen-bond donors (Lipinski definition) is 1. The van der Waals surface area contributed by atoms with Crippen LogP contribution in [0.25, 0.3) is 0 Å². The number of carbonyl (C=O) groups is 1. The molecule has 0 fully saturated rings. The van der Waals surface area contributed by atoms with Crippen LogP contribution in [0.4, 0.5) is 0 Å². The molecule has 0 aliphatic carbocycles. The van der Waals surface area contributed by atoms with E-state index in [1.807, 2.05) is 0 Å². The normalized spacial score (nSPS) is 11.0. The first-order chi connectivity index (χ1) is 9.45. The monoisotopic (exact) mass is 320 g/mol. The van der Waals surface area contributed by atoms with Crippen LogP contribution in [-0.4, -0.2) is 44.6 Å². The minimum atomic E-state index is 0. The van der Waals surface area contributed by atoms with Crippen LogP contribution in [0.1, 0.15) is 71.1 Å².